The molecule has 0 unspecified atom stereocenters. The lowest BCUT2D eigenvalue weighted by atomic mass is 10.2. The van der Waals surface area contributed by atoms with Crippen molar-refractivity contribution in [3.63, 3.8) is 0 Å². The Labute approximate surface area is 201 Å². The van der Waals surface area contributed by atoms with Gasteiger partial charge < -0.3 is 10.2 Å². The lowest BCUT2D eigenvalue weighted by Gasteiger charge is -2.36. The predicted octanol–water partition coefficient (Wildman–Crippen LogP) is 2.81. The van der Waals surface area contributed by atoms with Gasteiger partial charge in [-0.05, 0) is 30.2 Å². The van der Waals surface area contributed by atoms with Crippen molar-refractivity contribution in [3.05, 3.63) is 80.6 Å². The molecule has 0 saturated carbocycles. The Balaban J connectivity index is 1.49. The fraction of sp³-hybridized carbons (Fsp3) is 0.250. The van der Waals surface area contributed by atoms with E-state index in [-0.39, 0.29) is 11.5 Å². The van der Waals surface area contributed by atoms with Gasteiger partial charge in [-0.2, -0.15) is 0 Å². The molecule has 1 aromatic carbocycles. The highest BCUT2D eigenvalue weighted by Crippen LogP contribution is 2.28. The minimum absolute atomic E-state index is 0.191. The summed E-state index contributed by atoms with van der Waals surface area (Å²) in [6.07, 6.45) is 3.41. The minimum Gasteiger partial charge on any atom is -0.353 e. The summed E-state index contributed by atoms with van der Waals surface area (Å²) in [4.78, 5) is 35.6. The SMILES string of the molecule is Cc1ccc2nc(N3CCN(Cc4ccccc4)CC3)c(C=C3SC(=S)NC3=O)c(=O)n2c1. The van der Waals surface area contributed by atoms with Crippen molar-refractivity contribution >= 4 is 51.7 Å². The van der Waals surface area contributed by atoms with Crippen LogP contribution in [-0.2, 0) is 11.3 Å². The molecule has 3 aromatic rings. The van der Waals surface area contributed by atoms with Gasteiger partial charge in [0.1, 0.15) is 15.8 Å². The fourth-order valence-corrected chi connectivity index (χ4v) is 5.15. The molecule has 2 fully saturated rings. The highest BCUT2D eigenvalue weighted by molar-refractivity contribution is 8.26. The first-order chi connectivity index (χ1) is 16.0. The third-order valence-electron chi connectivity index (χ3n) is 5.82. The number of hydrogen-bond donors (Lipinski definition) is 1. The topological polar surface area (TPSA) is 70.0 Å². The molecule has 0 spiro atoms. The molecular weight excluding hydrogens is 454 g/mol. The van der Waals surface area contributed by atoms with Gasteiger partial charge in [0.15, 0.2) is 0 Å². The Hall–Kier alpha value is -3.01. The smallest absolute Gasteiger partial charge is 0.267 e. The number of rotatable bonds is 4. The molecule has 0 atom stereocenters. The number of carbonyl (C=O) groups is 1. The molecule has 1 N–H and O–H groups in total. The van der Waals surface area contributed by atoms with E-state index in [9.17, 15) is 9.59 Å². The number of carbonyl (C=O) groups excluding carboxylic acids is 1. The summed E-state index contributed by atoms with van der Waals surface area (Å²) in [5.41, 5.74) is 3.06. The molecule has 168 valence electrons. The summed E-state index contributed by atoms with van der Waals surface area (Å²) < 4.78 is 1.94. The largest absolute Gasteiger partial charge is 0.353 e. The second kappa shape index (κ2) is 9.09. The maximum absolute atomic E-state index is 13.5. The number of nitrogens with one attached hydrogen (secondary N) is 1. The van der Waals surface area contributed by atoms with Crippen LogP contribution in [0.3, 0.4) is 0 Å². The van der Waals surface area contributed by atoms with E-state index in [1.54, 1.807) is 16.7 Å². The van der Waals surface area contributed by atoms with Crippen LogP contribution in [0.25, 0.3) is 11.7 Å². The number of hydrogen-bond acceptors (Lipinski definition) is 7. The van der Waals surface area contributed by atoms with Crippen molar-refractivity contribution in [2.45, 2.75) is 13.5 Å². The van der Waals surface area contributed by atoms with Gasteiger partial charge in [-0.1, -0.05) is 60.4 Å². The maximum atomic E-state index is 13.5. The number of piperazine rings is 1. The molecule has 2 aromatic heterocycles. The van der Waals surface area contributed by atoms with Crippen LogP contribution in [0.4, 0.5) is 5.82 Å². The van der Waals surface area contributed by atoms with Crippen LogP contribution in [0, 0.1) is 6.92 Å². The molecule has 5 rings (SSSR count). The molecule has 7 nitrogen and oxygen atoms in total. The molecule has 0 bridgehead atoms. The van der Waals surface area contributed by atoms with Crippen LogP contribution in [0.5, 0.6) is 0 Å². The summed E-state index contributed by atoms with van der Waals surface area (Å²) in [6, 6.07) is 14.2. The summed E-state index contributed by atoms with van der Waals surface area (Å²) in [5, 5.41) is 2.62. The number of anilines is 1. The highest BCUT2D eigenvalue weighted by Gasteiger charge is 2.26. The second-order valence-electron chi connectivity index (χ2n) is 8.19. The van der Waals surface area contributed by atoms with E-state index in [0.717, 1.165) is 38.3 Å². The first-order valence-corrected chi connectivity index (χ1v) is 12.0. The minimum atomic E-state index is -0.280. The van der Waals surface area contributed by atoms with Crippen molar-refractivity contribution in [2.24, 2.45) is 0 Å². The first-order valence-electron chi connectivity index (χ1n) is 10.8. The number of thiocarbonyl (C=S) groups is 1. The zero-order valence-electron chi connectivity index (χ0n) is 18.2. The lowest BCUT2D eigenvalue weighted by Crippen LogP contribution is -2.47. The van der Waals surface area contributed by atoms with E-state index in [4.69, 9.17) is 17.2 Å². The number of nitrogens with zero attached hydrogens (tertiary/aromatic N) is 4. The average molecular weight is 478 g/mol. The lowest BCUT2D eigenvalue weighted by molar-refractivity contribution is -0.115. The van der Waals surface area contributed by atoms with Crippen molar-refractivity contribution in [2.75, 3.05) is 31.1 Å². The van der Waals surface area contributed by atoms with Gasteiger partial charge in [-0.25, -0.2) is 4.98 Å². The normalized spacial score (nSPS) is 18.3. The molecule has 4 heterocycles. The van der Waals surface area contributed by atoms with Crippen molar-refractivity contribution in [1.29, 1.82) is 0 Å². The second-order valence-corrected chi connectivity index (χ2v) is 9.91. The highest BCUT2D eigenvalue weighted by atomic mass is 32.2. The zero-order valence-corrected chi connectivity index (χ0v) is 19.8. The first kappa shape index (κ1) is 21.8. The summed E-state index contributed by atoms with van der Waals surface area (Å²) in [6.45, 7) is 6.04. The van der Waals surface area contributed by atoms with Crippen LogP contribution in [-0.4, -0.2) is 50.7 Å². The van der Waals surface area contributed by atoms with Gasteiger partial charge in [0.2, 0.25) is 0 Å². The van der Waals surface area contributed by atoms with Gasteiger partial charge in [0, 0.05) is 38.9 Å². The van der Waals surface area contributed by atoms with Crippen LogP contribution in [0.15, 0.2) is 58.4 Å². The van der Waals surface area contributed by atoms with E-state index in [1.807, 2.05) is 25.1 Å². The monoisotopic (exact) mass is 477 g/mol. The number of amides is 1. The summed E-state index contributed by atoms with van der Waals surface area (Å²) in [5.74, 6) is 0.333. The van der Waals surface area contributed by atoms with Crippen molar-refractivity contribution < 1.29 is 4.79 Å². The fourth-order valence-electron chi connectivity index (χ4n) is 4.13. The molecule has 2 saturated heterocycles. The Morgan fingerprint density at radius 1 is 1.09 bits per heavy atom. The van der Waals surface area contributed by atoms with Gasteiger partial charge >= 0.3 is 0 Å². The van der Waals surface area contributed by atoms with Crippen LogP contribution in [0.1, 0.15) is 16.7 Å². The number of thioether (sulfide) groups is 1. The number of pyridine rings is 1. The van der Waals surface area contributed by atoms with Gasteiger partial charge in [-0.3, -0.25) is 18.9 Å². The van der Waals surface area contributed by atoms with Gasteiger partial charge in [0.25, 0.3) is 11.5 Å². The summed E-state index contributed by atoms with van der Waals surface area (Å²) in [7, 11) is 0. The number of aryl methyl sites for hydroxylation is 1. The zero-order chi connectivity index (χ0) is 22.9. The Morgan fingerprint density at radius 3 is 2.55 bits per heavy atom. The molecule has 0 aliphatic carbocycles. The molecule has 33 heavy (non-hydrogen) atoms. The summed E-state index contributed by atoms with van der Waals surface area (Å²) >= 11 is 6.29. The number of aromatic nitrogens is 2. The van der Waals surface area contributed by atoms with E-state index < -0.39 is 0 Å². The van der Waals surface area contributed by atoms with E-state index in [2.05, 4.69) is 39.4 Å². The van der Waals surface area contributed by atoms with E-state index >= 15 is 0 Å². The standard InChI is InChI=1S/C24H23N5O2S2/c1-16-7-8-20-25-21(28-11-9-27(10-12-28)15-17-5-3-2-4-6-17)18(23(31)29(20)14-16)13-19-22(30)26-24(32)33-19/h2-8,13-14H,9-12,15H2,1H3,(H,26,30,32). The Morgan fingerprint density at radius 2 is 1.85 bits per heavy atom. The average Bonchev–Trinajstić information content (AvgIpc) is 3.13. The number of fused-ring (bicyclic) bond motifs is 1. The van der Waals surface area contributed by atoms with Crippen LogP contribution < -0.4 is 15.8 Å². The van der Waals surface area contributed by atoms with E-state index in [1.165, 1.54) is 17.3 Å². The van der Waals surface area contributed by atoms with Gasteiger partial charge in [-0.15, -0.1) is 0 Å². The Bertz CT molecular complexity index is 1330. The maximum Gasteiger partial charge on any atom is 0.267 e. The van der Waals surface area contributed by atoms with Crippen LogP contribution >= 0.6 is 24.0 Å². The number of benzene rings is 1. The third-order valence-corrected chi connectivity index (χ3v) is 6.99. The molecule has 0 radical (unpaired) electrons. The van der Waals surface area contributed by atoms with E-state index in [0.29, 0.717) is 26.3 Å². The van der Waals surface area contributed by atoms with Gasteiger partial charge in [0.05, 0.1) is 10.5 Å². The Kier molecular flexibility index (Phi) is 6.01. The molecule has 2 aliphatic rings. The molecule has 2 aliphatic heterocycles. The predicted molar refractivity (Wildman–Crippen MR) is 136 cm³/mol. The van der Waals surface area contributed by atoms with Crippen molar-refractivity contribution in [3.8, 4) is 0 Å². The quantitative estimate of drug-likeness (QED) is 0.458. The third kappa shape index (κ3) is 4.57. The van der Waals surface area contributed by atoms with Crippen molar-refractivity contribution in [1.82, 2.24) is 19.6 Å². The molecule has 1 amide bonds. The molecule has 9 heteroatoms. The molecular formula is C24H23N5O2S2. The van der Waals surface area contributed by atoms with Crippen LogP contribution in [0.2, 0.25) is 0 Å².